The SMILES string of the molecule is O=C(Cc1cccc2ccccc12)N[C@@H](CCS(=O)(=O)O)C(=O)O. The predicted octanol–water partition coefficient (Wildman–Crippen LogP) is 1.23. The van der Waals surface area contributed by atoms with Crippen LogP contribution >= 0.6 is 0 Å². The molecule has 24 heavy (non-hydrogen) atoms. The van der Waals surface area contributed by atoms with E-state index in [1.807, 2.05) is 30.3 Å². The maximum Gasteiger partial charge on any atom is 0.326 e. The average molecular weight is 351 g/mol. The van der Waals surface area contributed by atoms with Crippen LogP contribution in [-0.2, 0) is 26.1 Å². The average Bonchev–Trinajstić information content (AvgIpc) is 2.50. The Bertz CT molecular complexity index is 857. The topological polar surface area (TPSA) is 121 Å². The molecule has 0 spiro atoms. The smallest absolute Gasteiger partial charge is 0.326 e. The lowest BCUT2D eigenvalue weighted by molar-refractivity contribution is -0.141. The van der Waals surface area contributed by atoms with Gasteiger partial charge < -0.3 is 10.4 Å². The lowest BCUT2D eigenvalue weighted by Gasteiger charge is -2.14. The molecule has 0 saturated heterocycles. The molecule has 0 aliphatic heterocycles. The molecular formula is C16H17NO6S. The number of carbonyl (C=O) groups excluding carboxylic acids is 1. The third kappa shape index (κ3) is 5.04. The highest BCUT2D eigenvalue weighted by molar-refractivity contribution is 7.85. The van der Waals surface area contributed by atoms with E-state index >= 15 is 0 Å². The molecule has 0 unspecified atom stereocenters. The Morgan fingerprint density at radius 1 is 1.08 bits per heavy atom. The monoisotopic (exact) mass is 351 g/mol. The second kappa shape index (κ2) is 7.41. The number of rotatable bonds is 7. The zero-order valence-electron chi connectivity index (χ0n) is 12.7. The highest BCUT2D eigenvalue weighted by Crippen LogP contribution is 2.18. The van der Waals surface area contributed by atoms with Crippen molar-refractivity contribution in [3.05, 3.63) is 48.0 Å². The molecule has 128 valence electrons. The molecule has 0 aromatic heterocycles. The lowest BCUT2D eigenvalue weighted by Crippen LogP contribution is -2.42. The highest BCUT2D eigenvalue weighted by atomic mass is 32.2. The Hall–Kier alpha value is -2.45. The van der Waals surface area contributed by atoms with Crippen LogP contribution in [0.3, 0.4) is 0 Å². The van der Waals surface area contributed by atoms with Gasteiger partial charge >= 0.3 is 5.97 Å². The van der Waals surface area contributed by atoms with Gasteiger partial charge in [-0.15, -0.1) is 0 Å². The first-order valence-electron chi connectivity index (χ1n) is 7.20. The Balaban J connectivity index is 2.09. The Kier molecular flexibility index (Phi) is 5.53. The Morgan fingerprint density at radius 2 is 1.75 bits per heavy atom. The highest BCUT2D eigenvalue weighted by Gasteiger charge is 2.22. The van der Waals surface area contributed by atoms with Crippen molar-refractivity contribution in [1.29, 1.82) is 0 Å². The van der Waals surface area contributed by atoms with Crippen LogP contribution in [0.15, 0.2) is 42.5 Å². The van der Waals surface area contributed by atoms with E-state index in [4.69, 9.17) is 9.66 Å². The van der Waals surface area contributed by atoms with E-state index in [2.05, 4.69) is 5.32 Å². The third-order valence-corrected chi connectivity index (χ3v) is 4.28. The number of carboxylic acids is 1. The van der Waals surface area contributed by atoms with Crippen molar-refractivity contribution in [2.75, 3.05) is 5.75 Å². The van der Waals surface area contributed by atoms with Crippen LogP contribution in [0.4, 0.5) is 0 Å². The molecule has 0 aliphatic carbocycles. The van der Waals surface area contributed by atoms with Gasteiger partial charge in [0.05, 0.1) is 12.2 Å². The largest absolute Gasteiger partial charge is 0.480 e. The number of fused-ring (bicyclic) bond motifs is 1. The molecule has 0 radical (unpaired) electrons. The van der Waals surface area contributed by atoms with E-state index in [1.54, 1.807) is 12.1 Å². The van der Waals surface area contributed by atoms with E-state index in [-0.39, 0.29) is 6.42 Å². The van der Waals surface area contributed by atoms with Crippen molar-refractivity contribution in [1.82, 2.24) is 5.32 Å². The zero-order valence-corrected chi connectivity index (χ0v) is 13.5. The van der Waals surface area contributed by atoms with Crippen molar-refractivity contribution >= 4 is 32.8 Å². The molecule has 3 N–H and O–H groups in total. The quantitative estimate of drug-likeness (QED) is 0.645. The van der Waals surface area contributed by atoms with E-state index in [1.165, 1.54) is 0 Å². The first-order chi connectivity index (χ1) is 11.3. The summed E-state index contributed by atoms with van der Waals surface area (Å²) in [6, 6.07) is 11.6. The number of benzene rings is 2. The Morgan fingerprint density at radius 3 is 2.42 bits per heavy atom. The first kappa shape index (κ1) is 17.9. The van der Waals surface area contributed by atoms with Gasteiger partial charge in [0.1, 0.15) is 6.04 Å². The van der Waals surface area contributed by atoms with Crippen LogP contribution in [0.1, 0.15) is 12.0 Å². The molecule has 0 saturated carbocycles. The molecule has 0 bridgehead atoms. The van der Waals surface area contributed by atoms with Gasteiger partial charge in [0.15, 0.2) is 0 Å². The van der Waals surface area contributed by atoms with Crippen LogP contribution in [-0.4, -0.2) is 41.7 Å². The van der Waals surface area contributed by atoms with Gasteiger partial charge in [-0.3, -0.25) is 9.35 Å². The fourth-order valence-corrected chi connectivity index (χ4v) is 2.92. The molecule has 7 nitrogen and oxygen atoms in total. The van der Waals surface area contributed by atoms with Crippen LogP contribution in [0.25, 0.3) is 10.8 Å². The van der Waals surface area contributed by atoms with Crippen molar-refractivity contribution in [3.63, 3.8) is 0 Å². The van der Waals surface area contributed by atoms with Crippen molar-refractivity contribution in [2.45, 2.75) is 18.9 Å². The summed E-state index contributed by atoms with van der Waals surface area (Å²) in [6.07, 6.45) is -0.438. The Labute approximate surface area is 139 Å². The zero-order chi connectivity index (χ0) is 17.7. The fraction of sp³-hybridized carbons (Fsp3) is 0.250. The predicted molar refractivity (Wildman–Crippen MR) is 88.3 cm³/mol. The summed E-state index contributed by atoms with van der Waals surface area (Å²) in [7, 11) is -4.29. The van der Waals surface area contributed by atoms with E-state index in [0.29, 0.717) is 0 Å². The van der Waals surface area contributed by atoms with E-state index in [9.17, 15) is 18.0 Å². The number of aliphatic carboxylic acids is 1. The molecular weight excluding hydrogens is 334 g/mol. The molecule has 2 aromatic rings. The van der Waals surface area contributed by atoms with Crippen LogP contribution in [0.5, 0.6) is 0 Å². The number of amides is 1. The van der Waals surface area contributed by atoms with Crippen molar-refractivity contribution in [3.8, 4) is 0 Å². The standard InChI is InChI=1S/C16H17NO6S/c18-15(17-14(16(19)20)8-9-24(21,22)23)10-12-6-3-5-11-4-1-2-7-13(11)12/h1-7,14H,8-10H2,(H,17,18)(H,19,20)(H,21,22,23)/t14-/m0/s1. The molecule has 2 rings (SSSR count). The van der Waals surface area contributed by atoms with E-state index in [0.717, 1.165) is 16.3 Å². The molecule has 0 aliphatic rings. The van der Waals surface area contributed by atoms with Gasteiger partial charge in [0.2, 0.25) is 5.91 Å². The minimum atomic E-state index is -4.29. The normalized spacial score (nSPS) is 12.7. The molecule has 0 heterocycles. The second-order valence-electron chi connectivity index (χ2n) is 5.35. The first-order valence-corrected chi connectivity index (χ1v) is 8.81. The van der Waals surface area contributed by atoms with Crippen molar-refractivity contribution < 1.29 is 27.7 Å². The summed E-state index contributed by atoms with van der Waals surface area (Å²) in [6.45, 7) is 0. The molecule has 8 heteroatoms. The maximum absolute atomic E-state index is 12.1. The number of hydrogen-bond acceptors (Lipinski definition) is 4. The number of carboxylic acid groups (broad SMARTS) is 1. The molecule has 2 aromatic carbocycles. The van der Waals surface area contributed by atoms with Crippen LogP contribution in [0, 0.1) is 0 Å². The number of carbonyl (C=O) groups is 2. The maximum atomic E-state index is 12.1. The van der Waals surface area contributed by atoms with Gasteiger partial charge in [0.25, 0.3) is 10.1 Å². The van der Waals surface area contributed by atoms with Crippen LogP contribution < -0.4 is 5.32 Å². The van der Waals surface area contributed by atoms with Gasteiger partial charge in [-0.1, -0.05) is 42.5 Å². The summed E-state index contributed by atoms with van der Waals surface area (Å²) in [5, 5.41) is 13.2. The second-order valence-corrected chi connectivity index (χ2v) is 6.92. The molecule has 0 fully saturated rings. The summed E-state index contributed by atoms with van der Waals surface area (Å²) >= 11 is 0. The van der Waals surface area contributed by atoms with Gasteiger partial charge in [0, 0.05) is 0 Å². The summed E-state index contributed by atoms with van der Waals surface area (Å²) < 4.78 is 30.2. The third-order valence-electron chi connectivity index (χ3n) is 3.53. The minimum absolute atomic E-state index is 0.0307. The van der Waals surface area contributed by atoms with Gasteiger partial charge in [-0.25, -0.2) is 4.79 Å². The molecule has 1 atom stereocenters. The lowest BCUT2D eigenvalue weighted by atomic mass is 10.0. The molecule has 1 amide bonds. The van der Waals surface area contributed by atoms with Crippen LogP contribution in [0.2, 0.25) is 0 Å². The summed E-state index contributed by atoms with van der Waals surface area (Å²) in [5.41, 5.74) is 0.740. The summed E-state index contributed by atoms with van der Waals surface area (Å²) in [5.74, 6) is -2.63. The number of nitrogens with one attached hydrogen (secondary N) is 1. The van der Waals surface area contributed by atoms with Gasteiger partial charge in [-0.05, 0) is 22.8 Å². The summed E-state index contributed by atoms with van der Waals surface area (Å²) in [4.78, 5) is 23.2. The van der Waals surface area contributed by atoms with Crippen molar-refractivity contribution in [2.24, 2.45) is 0 Å². The van der Waals surface area contributed by atoms with Gasteiger partial charge in [-0.2, -0.15) is 8.42 Å². The minimum Gasteiger partial charge on any atom is -0.480 e. The van der Waals surface area contributed by atoms with E-state index < -0.39 is 40.2 Å². The number of hydrogen-bond donors (Lipinski definition) is 3. The fourth-order valence-electron chi connectivity index (χ4n) is 2.39.